The number of rotatable bonds is 4. The summed E-state index contributed by atoms with van der Waals surface area (Å²) in [5.74, 6) is 0. The first-order valence-corrected chi connectivity index (χ1v) is 5.76. The minimum Gasteiger partial charge on any atom is -0.465 e. The van der Waals surface area contributed by atoms with Crippen molar-refractivity contribution >= 4 is 6.09 Å². The van der Waals surface area contributed by atoms with E-state index in [1.807, 2.05) is 0 Å². The maximum absolute atomic E-state index is 12.4. The lowest BCUT2D eigenvalue weighted by Gasteiger charge is -2.32. The summed E-state index contributed by atoms with van der Waals surface area (Å²) < 4.78 is 37.2. The summed E-state index contributed by atoms with van der Waals surface area (Å²) in [4.78, 5) is 10.4. The second-order valence-corrected chi connectivity index (χ2v) is 4.44. The van der Waals surface area contributed by atoms with Crippen LogP contribution in [0.1, 0.15) is 25.7 Å². The standard InChI is InChI=1S/C10H17F3N2O3/c11-10(12,13)8(5-16)14-6-1-3-7(4-2-6)15-9(17)18/h6-8,14-16H,1-5H2,(H,17,18)/t6?,7?,8-/m0/s1. The number of hydrogen-bond acceptors (Lipinski definition) is 3. The van der Waals surface area contributed by atoms with E-state index >= 15 is 0 Å². The van der Waals surface area contributed by atoms with Gasteiger partial charge in [-0.25, -0.2) is 4.79 Å². The predicted molar refractivity (Wildman–Crippen MR) is 57.3 cm³/mol. The summed E-state index contributed by atoms with van der Waals surface area (Å²) in [6.45, 7) is -0.989. The van der Waals surface area contributed by atoms with Gasteiger partial charge < -0.3 is 20.8 Å². The first-order chi connectivity index (χ1) is 8.32. The molecule has 0 bridgehead atoms. The fourth-order valence-electron chi connectivity index (χ4n) is 2.11. The summed E-state index contributed by atoms with van der Waals surface area (Å²) in [6, 6.07) is -2.44. The van der Waals surface area contributed by atoms with Crippen LogP contribution in [-0.4, -0.2) is 47.2 Å². The van der Waals surface area contributed by atoms with Crippen LogP contribution in [0.4, 0.5) is 18.0 Å². The van der Waals surface area contributed by atoms with Gasteiger partial charge in [-0.15, -0.1) is 0 Å². The molecule has 0 aromatic heterocycles. The number of hydrogen-bond donors (Lipinski definition) is 4. The number of alkyl halides is 3. The molecule has 0 aromatic rings. The first-order valence-electron chi connectivity index (χ1n) is 5.76. The van der Waals surface area contributed by atoms with E-state index in [0.717, 1.165) is 0 Å². The van der Waals surface area contributed by atoms with Gasteiger partial charge in [0, 0.05) is 12.1 Å². The van der Waals surface area contributed by atoms with Crippen LogP contribution in [-0.2, 0) is 0 Å². The molecule has 0 radical (unpaired) electrons. The van der Waals surface area contributed by atoms with Crippen molar-refractivity contribution in [1.29, 1.82) is 0 Å². The van der Waals surface area contributed by atoms with Gasteiger partial charge in [0.2, 0.25) is 0 Å². The quantitative estimate of drug-likeness (QED) is 0.616. The van der Waals surface area contributed by atoms with Crippen LogP contribution in [0.25, 0.3) is 0 Å². The highest BCUT2D eigenvalue weighted by Gasteiger charge is 2.40. The van der Waals surface area contributed by atoms with Crippen molar-refractivity contribution in [3.05, 3.63) is 0 Å². The molecule has 1 amide bonds. The monoisotopic (exact) mass is 270 g/mol. The zero-order valence-corrected chi connectivity index (χ0v) is 9.70. The SMILES string of the molecule is O=C(O)NC1CCC(N[C@@H](CO)C(F)(F)F)CC1. The summed E-state index contributed by atoms with van der Waals surface area (Å²) in [5, 5.41) is 21.9. The number of carbonyl (C=O) groups is 1. The Bertz CT molecular complexity index is 278. The third-order valence-electron chi connectivity index (χ3n) is 3.07. The number of aliphatic hydroxyl groups excluding tert-OH is 1. The molecule has 0 spiro atoms. The number of carboxylic acid groups (broad SMARTS) is 1. The van der Waals surface area contributed by atoms with Gasteiger partial charge in [0.15, 0.2) is 0 Å². The lowest BCUT2D eigenvalue weighted by molar-refractivity contribution is -0.166. The van der Waals surface area contributed by atoms with E-state index in [4.69, 9.17) is 10.2 Å². The van der Waals surface area contributed by atoms with Gasteiger partial charge in [-0.2, -0.15) is 13.2 Å². The molecule has 0 saturated heterocycles. The molecule has 4 N–H and O–H groups in total. The normalized spacial score (nSPS) is 26.7. The third-order valence-corrected chi connectivity index (χ3v) is 3.07. The average Bonchev–Trinajstić information content (AvgIpc) is 2.25. The van der Waals surface area contributed by atoms with Crippen LogP contribution < -0.4 is 10.6 Å². The summed E-state index contributed by atoms with van der Waals surface area (Å²) >= 11 is 0. The van der Waals surface area contributed by atoms with E-state index in [1.165, 1.54) is 0 Å². The number of aliphatic hydroxyl groups is 1. The topological polar surface area (TPSA) is 81.6 Å². The first kappa shape index (κ1) is 15.0. The predicted octanol–water partition coefficient (Wildman–Crippen LogP) is 1.08. The van der Waals surface area contributed by atoms with Crippen LogP contribution in [0.15, 0.2) is 0 Å². The summed E-state index contributed by atoms with van der Waals surface area (Å²) in [7, 11) is 0. The molecule has 1 aliphatic rings. The highest BCUT2D eigenvalue weighted by Crippen LogP contribution is 2.24. The van der Waals surface area contributed by atoms with Gasteiger partial charge >= 0.3 is 12.3 Å². The molecule has 1 aliphatic carbocycles. The van der Waals surface area contributed by atoms with E-state index in [9.17, 15) is 18.0 Å². The summed E-state index contributed by atoms with van der Waals surface area (Å²) in [6.07, 6.45) is -3.67. The molecule has 0 unspecified atom stereocenters. The fourth-order valence-corrected chi connectivity index (χ4v) is 2.11. The van der Waals surface area contributed by atoms with Crippen LogP contribution in [0.5, 0.6) is 0 Å². The largest absolute Gasteiger partial charge is 0.465 e. The molecule has 0 aliphatic heterocycles. The van der Waals surface area contributed by atoms with Crippen molar-refractivity contribution in [2.24, 2.45) is 0 Å². The second kappa shape index (κ2) is 6.24. The van der Waals surface area contributed by atoms with Gasteiger partial charge in [-0.1, -0.05) is 0 Å². The molecule has 1 saturated carbocycles. The Hall–Kier alpha value is -1.02. The molecule has 0 aromatic carbocycles. The molecular formula is C10H17F3N2O3. The van der Waals surface area contributed by atoms with E-state index < -0.39 is 24.9 Å². The Labute approximate surface area is 102 Å². The Kier molecular flexibility index (Phi) is 5.21. The number of halogens is 3. The molecule has 106 valence electrons. The van der Waals surface area contributed by atoms with Crippen LogP contribution in [0, 0.1) is 0 Å². The summed E-state index contributed by atoms with van der Waals surface area (Å²) in [5.41, 5.74) is 0. The van der Waals surface area contributed by atoms with Gasteiger partial charge in [0.05, 0.1) is 6.61 Å². The maximum Gasteiger partial charge on any atom is 0.406 e. The van der Waals surface area contributed by atoms with Gasteiger partial charge in [-0.05, 0) is 25.7 Å². The molecular weight excluding hydrogens is 253 g/mol. The highest BCUT2D eigenvalue weighted by atomic mass is 19.4. The van der Waals surface area contributed by atoms with Crippen LogP contribution in [0.3, 0.4) is 0 Å². The van der Waals surface area contributed by atoms with Crippen molar-refractivity contribution in [2.45, 2.75) is 50.0 Å². The van der Waals surface area contributed by atoms with E-state index in [0.29, 0.717) is 25.7 Å². The van der Waals surface area contributed by atoms with Crippen molar-refractivity contribution in [2.75, 3.05) is 6.61 Å². The maximum atomic E-state index is 12.4. The minimum absolute atomic E-state index is 0.195. The molecule has 5 nitrogen and oxygen atoms in total. The Morgan fingerprint density at radius 2 is 1.72 bits per heavy atom. The Morgan fingerprint density at radius 1 is 1.22 bits per heavy atom. The minimum atomic E-state index is -4.47. The zero-order valence-electron chi connectivity index (χ0n) is 9.70. The smallest absolute Gasteiger partial charge is 0.406 e. The zero-order chi connectivity index (χ0) is 13.8. The highest BCUT2D eigenvalue weighted by molar-refractivity contribution is 5.64. The van der Waals surface area contributed by atoms with Crippen molar-refractivity contribution in [3.8, 4) is 0 Å². The molecule has 1 rings (SSSR count). The molecule has 18 heavy (non-hydrogen) atoms. The van der Waals surface area contributed by atoms with Gasteiger partial charge in [-0.3, -0.25) is 0 Å². The number of nitrogens with one attached hydrogen (secondary N) is 2. The Balaban J connectivity index is 2.37. The van der Waals surface area contributed by atoms with E-state index in [1.54, 1.807) is 0 Å². The fraction of sp³-hybridized carbons (Fsp3) is 0.900. The Morgan fingerprint density at radius 3 is 2.11 bits per heavy atom. The van der Waals surface area contributed by atoms with E-state index in [2.05, 4.69) is 10.6 Å². The van der Waals surface area contributed by atoms with Crippen LogP contribution in [0.2, 0.25) is 0 Å². The molecule has 8 heteroatoms. The van der Waals surface area contributed by atoms with Crippen molar-refractivity contribution < 1.29 is 28.2 Å². The van der Waals surface area contributed by atoms with Crippen molar-refractivity contribution in [1.82, 2.24) is 10.6 Å². The average molecular weight is 270 g/mol. The lowest BCUT2D eigenvalue weighted by Crippen LogP contribution is -2.51. The number of amides is 1. The third kappa shape index (κ3) is 4.69. The molecule has 1 atom stereocenters. The molecule has 0 heterocycles. The van der Waals surface area contributed by atoms with Crippen LogP contribution >= 0.6 is 0 Å². The van der Waals surface area contributed by atoms with E-state index in [-0.39, 0.29) is 12.1 Å². The lowest BCUT2D eigenvalue weighted by atomic mass is 9.91. The molecule has 1 fully saturated rings. The van der Waals surface area contributed by atoms with Gasteiger partial charge in [0.25, 0.3) is 0 Å². The second-order valence-electron chi connectivity index (χ2n) is 4.44. The van der Waals surface area contributed by atoms with Gasteiger partial charge in [0.1, 0.15) is 6.04 Å². The van der Waals surface area contributed by atoms with Crippen molar-refractivity contribution in [3.63, 3.8) is 0 Å².